The summed E-state index contributed by atoms with van der Waals surface area (Å²) in [6.45, 7) is 6.89. The first kappa shape index (κ1) is 18.7. The number of carbonyl (C=O) groups is 1. The molecule has 0 unspecified atom stereocenters. The highest BCUT2D eigenvalue weighted by molar-refractivity contribution is 6.04. The fourth-order valence-electron chi connectivity index (χ4n) is 2.33. The number of anilines is 1. The van der Waals surface area contributed by atoms with Crippen molar-refractivity contribution in [2.75, 3.05) is 19.0 Å². The van der Waals surface area contributed by atoms with E-state index in [2.05, 4.69) is 26.1 Å². The van der Waals surface area contributed by atoms with Crippen LogP contribution in [-0.4, -0.2) is 29.3 Å². The molecule has 0 aliphatic carbocycles. The summed E-state index contributed by atoms with van der Waals surface area (Å²) in [4.78, 5) is 24.3. The molecule has 0 bridgehead atoms. The van der Waals surface area contributed by atoms with Crippen LogP contribution in [0.5, 0.6) is 5.75 Å². The number of pyridine rings is 1. The maximum Gasteiger partial charge on any atom is 0.257 e. The summed E-state index contributed by atoms with van der Waals surface area (Å²) in [6.07, 6.45) is 1.49. The number of benzene rings is 1. The Morgan fingerprint density at radius 2 is 1.96 bits per heavy atom. The van der Waals surface area contributed by atoms with Crippen molar-refractivity contribution in [3.63, 3.8) is 0 Å². The van der Waals surface area contributed by atoms with Gasteiger partial charge in [-0.25, -0.2) is 0 Å². The van der Waals surface area contributed by atoms with Crippen molar-refractivity contribution in [2.24, 2.45) is 0 Å². The smallest absolute Gasteiger partial charge is 0.257 e. The van der Waals surface area contributed by atoms with Crippen molar-refractivity contribution >= 4 is 11.6 Å². The van der Waals surface area contributed by atoms with Crippen molar-refractivity contribution in [2.45, 2.75) is 32.7 Å². The minimum atomic E-state index is -0.396. The molecule has 0 radical (unpaired) electrons. The number of rotatable bonds is 5. The lowest BCUT2D eigenvalue weighted by Gasteiger charge is -2.20. The van der Waals surface area contributed by atoms with Crippen molar-refractivity contribution in [3.05, 3.63) is 58.0 Å². The molecule has 2 aromatic rings. The first-order valence-electron chi connectivity index (χ1n) is 8.06. The molecule has 6 nitrogen and oxygen atoms in total. The van der Waals surface area contributed by atoms with Gasteiger partial charge < -0.3 is 19.7 Å². The van der Waals surface area contributed by atoms with Gasteiger partial charge in [0.25, 0.3) is 11.5 Å². The number of nitrogens with one attached hydrogen (secondary N) is 1. The zero-order chi connectivity index (χ0) is 18.6. The molecule has 25 heavy (non-hydrogen) atoms. The summed E-state index contributed by atoms with van der Waals surface area (Å²) in [7, 11) is 1.55. The second-order valence-corrected chi connectivity index (χ2v) is 6.88. The zero-order valence-electron chi connectivity index (χ0n) is 15.0. The molecular formula is C19H24N2O4. The number of amides is 1. The highest BCUT2D eigenvalue weighted by atomic mass is 16.5. The number of methoxy groups -OCH3 is 1. The number of hydrogen-bond donors (Lipinski definition) is 2. The number of aromatic hydroxyl groups is 1. The lowest BCUT2D eigenvalue weighted by Crippen LogP contribution is -2.23. The summed E-state index contributed by atoms with van der Waals surface area (Å²) in [5, 5.41) is 12.7. The lowest BCUT2D eigenvalue weighted by atomic mass is 9.87. The molecule has 134 valence electrons. The van der Waals surface area contributed by atoms with E-state index in [0.717, 1.165) is 5.56 Å². The largest absolute Gasteiger partial charge is 0.506 e. The molecule has 0 fully saturated rings. The molecule has 1 aromatic heterocycles. The van der Waals surface area contributed by atoms with E-state index in [4.69, 9.17) is 4.74 Å². The molecule has 1 aromatic carbocycles. The fraction of sp³-hybridized carbons (Fsp3) is 0.368. The molecular weight excluding hydrogens is 320 g/mol. The standard InChI is InChI=1S/C19H24N2O4/c1-19(2,3)14-6-7-16(22)15(11-14)20-18(24)13-5-8-17(23)21(12-13)9-10-25-4/h5-8,11-12,22H,9-10H2,1-4H3,(H,20,24). The van der Waals surface area contributed by atoms with Gasteiger partial charge in [0.1, 0.15) is 5.75 Å². The van der Waals surface area contributed by atoms with Crippen LogP contribution < -0.4 is 10.9 Å². The Labute approximate surface area is 147 Å². The van der Waals surface area contributed by atoms with Gasteiger partial charge in [0, 0.05) is 25.9 Å². The van der Waals surface area contributed by atoms with E-state index in [1.54, 1.807) is 19.2 Å². The maximum atomic E-state index is 12.5. The van der Waals surface area contributed by atoms with Gasteiger partial charge in [-0.3, -0.25) is 9.59 Å². The molecule has 1 heterocycles. The quantitative estimate of drug-likeness (QED) is 0.817. The minimum Gasteiger partial charge on any atom is -0.506 e. The lowest BCUT2D eigenvalue weighted by molar-refractivity contribution is 0.102. The number of phenols is 1. The van der Waals surface area contributed by atoms with Crippen molar-refractivity contribution in [1.29, 1.82) is 0 Å². The molecule has 0 aliphatic heterocycles. The molecule has 0 saturated heterocycles. The number of carbonyl (C=O) groups excluding carboxylic acids is 1. The van der Waals surface area contributed by atoms with Gasteiger partial charge in [-0.15, -0.1) is 0 Å². The fourth-order valence-corrected chi connectivity index (χ4v) is 2.33. The first-order chi connectivity index (χ1) is 11.7. The predicted molar refractivity (Wildman–Crippen MR) is 97.3 cm³/mol. The number of phenolic OH excluding ortho intramolecular Hbond substituents is 1. The predicted octanol–water partition coefficient (Wildman–Crippen LogP) is 2.75. The molecule has 0 spiro atoms. The monoisotopic (exact) mass is 344 g/mol. The van der Waals surface area contributed by atoms with Crippen LogP contribution in [0.1, 0.15) is 36.7 Å². The number of ether oxygens (including phenoxy) is 1. The average molecular weight is 344 g/mol. The molecule has 1 amide bonds. The van der Waals surface area contributed by atoms with Crippen molar-refractivity contribution in [3.8, 4) is 5.75 Å². The van der Waals surface area contributed by atoms with Gasteiger partial charge in [-0.2, -0.15) is 0 Å². The number of hydrogen-bond acceptors (Lipinski definition) is 4. The summed E-state index contributed by atoms with van der Waals surface area (Å²) in [6, 6.07) is 7.96. The molecule has 6 heteroatoms. The van der Waals surface area contributed by atoms with Crippen LogP contribution in [0.2, 0.25) is 0 Å². The van der Waals surface area contributed by atoms with Gasteiger partial charge in [0.2, 0.25) is 0 Å². The van der Waals surface area contributed by atoms with Crippen LogP contribution in [-0.2, 0) is 16.7 Å². The molecule has 2 N–H and O–H groups in total. The summed E-state index contributed by atoms with van der Waals surface area (Å²) >= 11 is 0. The Kier molecular flexibility index (Phi) is 5.64. The number of nitrogens with zero attached hydrogens (tertiary/aromatic N) is 1. The molecule has 0 atom stereocenters. The Morgan fingerprint density at radius 3 is 2.60 bits per heavy atom. The molecule has 2 rings (SSSR count). The van der Waals surface area contributed by atoms with Crippen molar-refractivity contribution < 1.29 is 14.6 Å². The third kappa shape index (κ3) is 4.70. The van der Waals surface area contributed by atoms with Gasteiger partial charge >= 0.3 is 0 Å². The van der Waals surface area contributed by atoms with E-state index in [1.807, 2.05) is 6.07 Å². The van der Waals surface area contributed by atoms with Crippen molar-refractivity contribution in [1.82, 2.24) is 4.57 Å². The Balaban J connectivity index is 2.27. The van der Waals surface area contributed by atoms with Crippen LogP contribution in [0.15, 0.2) is 41.3 Å². The third-order valence-electron chi connectivity index (χ3n) is 3.89. The van der Waals surface area contributed by atoms with Crippen LogP contribution in [0.4, 0.5) is 5.69 Å². The topological polar surface area (TPSA) is 80.6 Å². The molecule has 0 saturated carbocycles. The van der Waals surface area contributed by atoms with Crippen LogP contribution in [0.25, 0.3) is 0 Å². The maximum absolute atomic E-state index is 12.5. The van der Waals surface area contributed by atoms with Crippen LogP contribution in [0.3, 0.4) is 0 Å². The van der Waals surface area contributed by atoms with E-state index < -0.39 is 5.91 Å². The van der Waals surface area contributed by atoms with Gasteiger partial charge in [-0.1, -0.05) is 26.8 Å². The Bertz CT molecular complexity index is 819. The Morgan fingerprint density at radius 1 is 1.24 bits per heavy atom. The normalized spacial score (nSPS) is 11.4. The van der Waals surface area contributed by atoms with E-state index >= 15 is 0 Å². The summed E-state index contributed by atoms with van der Waals surface area (Å²) in [5.41, 5.74) is 1.35. The average Bonchev–Trinajstić information content (AvgIpc) is 2.55. The van der Waals surface area contributed by atoms with E-state index in [-0.39, 0.29) is 16.7 Å². The van der Waals surface area contributed by atoms with E-state index in [1.165, 1.54) is 22.9 Å². The first-order valence-corrected chi connectivity index (χ1v) is 8.06. The SMILES string of the molecule is COCCn1cc(C(=O)Nc2cc(C(C)(C)C)ccc2O)ccc1=O. The zero-order valence-corrected chi connectivity index (χ0v) is 15.0. The summed E-state index contributed by atoms with van der Waals surface area (Å²) in [5.74, 6) is -0.401. The minimum absolute atomic E-state index is 0.00551. The second-order valence-electron chi connectivity index (χ2n) is 6.88. The second kappa shape index (κ2) is 7.53. The highest BCUT2D eigenvalue weighted by Gasteiger charge is 2.17. The van der Waals surface area contributed by atoms with E-state index in [0.29, 0.717) is 24.4 Å². The van der Waals surface area contributed by atoms with Gasteiger partial charge in [0.05, 0.1) is 17.9 Å². The Hall–Kier alpha value is -2.60. The number of aromatic nitrogens is 1. The summed E-state index contributed by atoms with van der Waals surface area (Å²) < 4.78 is 6.38. The van der Waals surface area contributed by atoms with Gasteiger partial charge in [0.15, 0.2) is 0 Å². The van der Waals surface area contributed by atoms with E-state index in [9.17, 15) is 14.7 Å². The van der Waals surface area contributed by atoms with Crippen LogP contribution >= 0.6 is 0 Å². The third-order valence-corrected chi connectivity index (χ3v) is 3.89. The van der Waals surface area contributed by atoms with Crippen LogP contribution in [0, 0.1) is 0 Å². The molecule has 0 aliphatic rings. The van der Waals surface area contributed by atoms with Gasteiger partial charge in [-0.05, 0) is 29.2 Å². The highest BCUT2D eigenvalue weighted by Crippen LogP contribution is 2.30.